The Morgan fingerprint density at radius 2 is 2.09 bits per heavy atom. The third kappa shape index (κ3) is 5.40. The number of hydrogen-bond acceptors (Lipinski definition) is 1. The normalized spacial score (nSPS) is 12.4. The molecule has 0 aliphatic rings. The zero-order valence-electron chi connectivity index (χ0n) is 7.00. The summed E-state index contributed by atoms with van der Waals surface area (Å²) in [6.07, 6.45) is 7.45. The van der Waals surface area contributed by atoms with Crippen molar-refractivity contribution in [2.24, 2.45) is 0 Å². The van der Waals surface area contributed by atoms with Gasteiger partial charge in [-0.15, -0.1) is 0 Å². The summed E-state index contributed by atoms with van der Waals surface area (Å²) in [5.41, 5.74) is 0.425. The van der Waals surface area contributed by atoms with Crippen LogP contribution in [0.25, 0.3) is 0 Å². The summed E-state index contributed by atoms with van der Waals surface area (Å²) in [6.45, 7) is 3.56. The Morgan fingerprint density at radius 1 is 1.45 bits per heavy atom. The van der Waals surface area contributed by atoms with E-state index in [0.717, 1.165) is 12.8 Å². The lowest BCUT2D eigenvalue weighted by molar-refractivity contribution is -0.132. The Morgan fingerprint density at radius 3 is 2.55 bits per heavy atom. The highest BCUT2D eigenvalue weighted by Gasteiger charge is 1.96. The van der Waals surface area contributed by atoms with Crippen molar-refractivity contribution < 1.29 is 9.90 Å². The van der Waals surface area contributed by atoms with Crippen molar-refractivity contribution >= 4 is 5.97 Å². The van der Waals surface area contributed by atoms with Gasteiger partial charge in [-0.3, -0.25) is 0 Å². The lowest BCUT2D eigenvalue weighted by Crippen LogP contribution is -1.95. The van der Waals surface area contributed by atoms with Crippen LogP contribution in [0.15, 0.2) is 23.8 Å². The largest absolute Gasteiger partial charge is 0.478 e. The van der Waals surface area contributed by atoms with Crippen LogP contribution in [0.3, 0.4) is 0 Å². The lowest BCUT2D eigenvalue weighted by atomic mass is 10.2. The van der Waals surface area contributed by atoms with E-state index in [-0.39, 0.29) is 0 Å². The Kier molecular flexibility index (Phi) is 5.17. The molecule has 11 heavy (non-hydrogen) atoms. The predicted octanol–water partition coefficient (Wildman–Crippen LogP) is 2.37. The van der Waals surface area contributed by atoms with E-state index in [9.17, 15) is 4.79 Å². The maximum atomic E-state index is 10.3. The maximum Gasteiger partial charge on any atom is 0.330 e. The van der Waals surface area contributed by atoms with Crippen molar-refractivity contribution in [3.63, 3.8) is 0 Å². The fourth-order valence-corrected chi connectivity index (χ4v) is 0.650. The summed E-state index contributed by atoms with van der Waals surface area (Å²) in [5.74, 6) is -0.828. The van der Waals surface area contributed by atoms with Crippen LogP contribution < -0.4 is 0 Å². The van der Waals surface area contributed by atoms with E-state index in [1.807, 2.05) is 19.1 Å². The van der Waals surface area contributed by atoms with E-state index in [2.05, 4.69) is 0 Å². The molecule has 0 heterocycles. The molecule has 62 valence electrons. The van der Waals surface area contributed by atoms with Crippen LogP contribution in [0.2, 0.25) is 0 Å². The molecule has 0 aromatic carbocycles. The predicted molar refractivity (Wildman–Crippen MR) is 45.4 cm³/mol. The number of carboxylic acid groups (broad SMARTS) is 1. The van der Waals surface area contributed by atoms with Crippen molar-refractivity contribution in [1.29, 1.82) is 0 Å². The van der Waals surface area contributed by atoms with Crippen LogP contribution in [0, 0.1) is 0 Å². The number of unbranched alkanes of at least 4 members (excludes halogenated alkanes) is 1. The van der Waals surface area contributed by atoms with Crippen molar-refractivity contribution in [3.8, 4) is 0 Å². The first-order valence-corrected chi connectivity index (χ1v) is 3.69. The van der Waals surface area contributed by atoms with Crippen molar-refractivity contribution in [1.82, 2.24) is 0 Å². The van der Waals surface area contributed by atoms with Gasteiger partial charge in [-0.1, -0.05) is 18.2 Å². The Bertz CT molecular complexity index is 178. The molecule has 0 saturated heterocycles. The number of aliphatic carboxylic acids is 1. The molecule has 0 radical (unpaired) electrons. The SMILES string of the molecule is CC=CCCC=C(C)C(=O)O. The first kappa shape index (κ1) is 9.95. The highest BCUT2D eigenvalue weighted by atomic mass is 16.4. The topological polar surface area (TPSA) is 37.3 Å². The van der Waals surface area contributed by atoms with Crippen LogP contribution in [-0.4, -0.2) is 11.1 Å². The molecule has 0 unspecified atom stereocenters. The summed E-state index contributed by atoms with van der Waals surface area (Å²) in [6, 6.07) is 0. The second kappa shape index (κ2) is 5.71. The van der Waals surface area contributed by atoms with Crippen LogP contribution in [-0.2, 0) is 4.79 Å². The molecule has 0 aliphatic carbocycles. The fraction of sp³-hybridized carbons (Fsp3) is 0.444. The molecular weight excluding hydrogens is 140 g/mol. The Hall–Kier alpha value is -1.05. The molecule has 1 N–H and O–H groups in total. The Labute approximate surface area is 67.2 Å². The smallest absolute Gasteiger partial charge is 0.330 e. The van der Waals surface area contributed by atoms with Crippen LogP contribution >= 0.6 is 0 Å². The molecule has 0 aromatic rings. The minimum Gasteiger partial charge on any atom is -0.478 e. The average molecular weight is 154 g/mol. The number of hydrogen-bond donors (Lipinski definition) is 1. The van der Waals surface area contributed by atoms with E-state index < -0.39 is 5.97 Å². The van der Waals surface area contributed by atoms with Gasteiger partial charge < -0.3 is 5.11 Å². The van der Waals surface area contributed by atoms with Crippen molar-refractivity contribution in [3.05, 3.63) is 23.8 Å². The number of carboxylic acids is 1. The maximum absolute atomic E-state index is 10.3. The van der Waals surface area contributed by atoms with E-state index >= 15 is 0 Å². The van der Waals surface area contributed by atoms with Gasteiger partial charge >= 0.3 is 5.97 Å². The monoisotopic (exact) mass is 154 g/mol. The van der Waals surface area contributed by atoms with E-state index in [4.69, 9.17) is 5.11 Å². The number of allylic oxidation sites excluding steroid dienone is 3. The summed E-state index contributed by atoms with van der Waals surface area (Å²) in [4.78, 5) is 10.3. The van der Waals surface area contributed by atoms with Crippen LogP contribution in [0.4, 0.5) is 0 Å². The third-order valence-corrected chi connectivity index (χ3v) is 1.36. The zero-order valence-corrected chi connectivity index (χ0v) is 7.00. The van der Waals surface area contributed by atoms with Gasteiger partial charge in [-0.25, -0.2) is 4.79 Å². The first-order valence-electron chi connectivity index (χ1n) is 3.69. The molecule has 0 aliphatic heterocycles. The molecule has 0 rings (SSSR count). The van der Waals surface area contributed by atoms with E-state index in [1.54, 1.807) is 13.0 Å². The molecule has 0 fully saturated rings. The van der Waals surface area contributed by atoms with Gasteiger partial charge in [0.1, 0.15) is 0 Å². The molecule has 0 amide bonds. The lowest BCUT2D eigenvalue weighted by Gasteiger charge is -1.90. The van der Waals surface area contributed by atoms with Gasteiger partial charge in [0.25, 0.3) is 0 Å². The third-order valence-electron chi connectivity index (χ3n) is 1.36. The summed E-state index contributed by atoms with van der Waals surface area (Å²) < 4.78 is 0. The molecule has 0 spiro atoms. The second-order valence-electron chi connectivity index (χ2n) is 2.34. The van der Waals surface area contributed by atoms with Crippen molar-refractivity contribution in [2.75, 3.05) is 0 Å². The fourth-order valence-electron chi connectivity index (χ4n) is 0.650. The highest BCUT2D eigenvalue weighted by molar-refractivity contribution is 5.85. The summed E-state index contributed by atoms with van der Waals surface area (Å²) >= 11 is 0. The molecule has 2 heteroatoms. The van der Waals surface area contributed by atoms with E-state index in [1.165, 1.54) is 0 Å². The van der Waals surface area contributed by atoms with Gasteiger partial charge in [0.2, 0.25) is 0 Å². The average Bonchev–Trinajstić information content (AvgIpc) is 1.97. The Balaban J connectivity index is 3.65. The minimum absolute atomic E-state index is 0.425. The summed E-state index contributed by atoms with van der Waals surface area (Å²) in [7, 11) is 0. The number of rotatable bonds is 4. The highest BCUT2D eigenvalue weighted by Crippen LogP contribution is 1.98. The molecule has 2 nitrogen and oxygen atoms in total. The van der Waals surface area contributed by atoms with Gasteiger partial charge in [-0.2, -0.15) is 0 Å². The van der Waals surface area contributed by atoms with Crippen LogP contribution in [0.1, 0.15) is 26.7 Å². The standard InChI is InChI=1S/C9H14O2/c1-3-4-5-6-7-8(2)9(10)11/h3-4,7H,5-6H2,1-2H3,(H,10,11). The molecule has 0 bridgehead atoms. The molecule has 0 saturated carbocycles. The minimum atomic E-state index is -0.828. The van der Waals surface area contributed by atoms with Crippen molar-refractivity contribution in [2.45, 2.75) is 26.7 Å². The summed E-state index contributed by atoms with van der Waals surface area (Å²) in [5, 5.41) is 8.45. The van der Waals surface area contributed by atoms with E-state index in [0.29, 0.717) is 5.57 Å². The van der Waals surface area contributed by atoms with Gasteiger partial charge in [0, 0.05) is 5.57 Å². The van der Waals surface area contributed by atoms with Gasteiger partial charge in [0.15, 0.2) is 0 Å². The first-order chi connectivity index (χ1) is 5.18. The van der Waals surface area contributed by atoms with Crippen LogP contribution in [0.5, 0.6) is 0 Å². The quantitative estimate of drug-likeness (QED) is 0.383. The van der Waals surface area contributed by atoms with Gasteiger partial charge in [-0.05, 0) is 26.7 Å². The molecular formula is C9H14O2. The van der Waals surface area contributed by atoms with Gasteiger partial charge in [0.05, 0.1) is 0 Å². The molecule has 0 atom stereocenters. The molecule has 0 aromatic heterocycles. The zero-order chi connectivity index (χ0) is 8.69. The second-order valence-corrected chi connectivity index (χ2v) is 2.34. The number of carbonyl (C=O) groups is 1.